The summed E-state index contributed by atoms with van der Waals surface area (Å²) in [6.07, 6.45) is 4.59. The Morgan fingerprint density at radius 1 is 1.24 bits per heavy atom. The van der Waals surface area contributed by atoms with E-state index < -0.39 is 11.1 Å². The second-order valence-corrected chi connectivity index (χ2v) is 8.62. The van der Waals surface area contributed by atoms with Gasteiger partial charge in [-0.05, 0) is 39.5 Å². The van der Waals surface area contributed by atoms with Crippen LogP contribution in [0.3, 0.4) is 0 Å². The topological polar surface area (TPSA) is 82.4 Å². The third kappa shape index (κ3) is 5.35. The Labute approximate surface area is 150 Å². The van der Waals surface area contributed by atoms with Crippen LogP contribution >= 0.6 is 0 Å². The van der Waals surface area contributed by atoms with Crippen molar-refractivity contribution in [1.82, 2.24) is 10.2 Å². The maximum absolute atomic E-state index is 12.6. The number of hydrogen-bond acceptors (Lipinski definition) is 4. The number of piperidine rings is 1. The quantitative estimate of drug-likeness (QED) is 0.830. The van der Waals surface area contributed by atoms with E-state index in [-0.39, 0.29) is 17.9 Å². The van der Waals surface area contributed by atoms with E-state index in [1.54, 1.807) is 4.90 Å². The zero-order valence-electron chi connectivity index (χ0n) is 15.9. The van der Waals surface area contributed by atoms with Gasteiger partial charge in [0, 0.05) is 31.8 Å². The third-order valence-corrected chi connectivity index (χ3v) is 5.15. The molecule has 0 aromatic carbocycles. The number of rotatable bonds is 2. The summed E-state index contributed by atoms with van der Waals surface area (Å²) in [6.45, 7) is 8.52. The molecule has 6 heteroatoms. The number of likely N-dealkylation sites (tertiary alicyclic amines) is 1. The molecule has 1 aliphatic heterocycles. The Bertz CT molecular complexity index is 539. The fraction of sp³-hybridized carbons (Fsp3) is 0.842. The van der Waals surface area contributed by atoms with E-state index in [0.717, 1.165) is 19.3 Å². The highest BCUT2D eigenvalue weighted by Crippen LogP contribution is 2.30. The van der Waals surface area contributed by atoms with Crippen LogP contribution in [0, 0.1) is 23.2 Å². The first-order valence-electron chi connectivity index (χ1n) is 9.35. The molecule has 2 atom stereocenters. The van der Waals surface area contributed by atoms with Gasteiger partial charge in [-0.3, -0.25) is 4.79 Å². The molecule has 2 unspecified atom stereocenters. The molecule has 25 heavy (non-hydrogen) atoms. The smallest absolute Gasteiger partial charge is 0.410 e. The van der Waals surface area contributed by atoms with Gasteiger partial charge in [0.15, 0.2) is 0 Å². The average Bonchev–Trinajstić information content (AvgIpc) is 2.53. The number of amides is 2. The highest BCUT2D eigenvalue weighted by Gasteiger charge is 2.40. The summed E-state index contributed by atoms with van der Waals surface area (Å²) in [4.78, 5) is 26.4. The molecule has 0 radical (unpaired) electrons. The third-order valence-electron chi connectivity index (χ3n) is 5.15. The Morgan fingerprint density at radius 3 is 2.40 bits per heavy atom. The number of carbonyl (C=O) groups is 2. The van der Waals surface area contributed by atoms with E-state index in [4.69, 9.17) is 4.74 Å². The van der Waals surface area contributed by atoms with Crippen LogP contribution in [0.2, 0.25) is 0 Å². The lowest BCUT2D eigenvalue weighted by Gasteiger charge is -2.39. The van der Waals surface area contributed by atoms with Crippen LogP contribution in [0.1, 0.15) is 66.2 Å². The van der Waals surface area contributed by atoms with Gasteiger partial charge in [-0.25, -0.2) is 4.79 Å². The van der Waals surface area contributed by atoms with Crippen LogP contribution in [0.25, 0.3) is 0 Å². The van der Waals surface area contributed by atoms with E-state index in [1.807, 2.05) is 20.8 Å². The van der Waals surface area contributed by atoms with Crippen molar-refractivity contribution in [3.63, 3.8) is 0 Å². The molecule has 1 saturated heterocycles. The first-order chi connectivity index (χ1) is 11.6. The van der Waals surface area contributed by atoms with Gasteiger partial charge in [0.1, 0.15) is 11.1 Å². The maximum atomic E-state index is 12.6. The van der Waals surface area contributed by atoms with Crippen LogP contribution in [0.15, 0.2) is 0 Å². The Morgan fingerprint density at radius 2 is 1.88 bits per heavy atom. The molecule has 140 valence electrons. The minimum atomic E-state index is -0.865. The summed E-state index contributed by atoms with van der Waals surface area (Å²) in [5.41, 5.74) is -1.40. The molecule has 2 amide bonds. The van der Waals surface area contributed by atoms with Crippen molar-refractivity contribution in [1.29, 1.82) is 5.26 Å². The summed E-state index contributed by atoms with van der Waals surface area (Å²) in [7, 11) is 0. The van der Waals surface area contributed by atoms with Crippen molar-refractivity contribution in [2.24, 2.45) is 11.8 Å². The molecule has 2 fully saturated rings. The van der Waals surface area contributed by atoms with Crippen LogP contribution in [0.5, 0.6) is 0 Å². The summed E-state index contributed by atoms with van der Waals surface area (Å²) >= 11 is 0. The van der Waals surface area contributed by atoms with E-state index in [0.29, 0.717) is 31.8 Å². The lowest BCUT2D eigenvalue weighted by molar-refractivity contribution is -0.128. The number of nitrogens with zero attached hydrogens (tertiary/aromatic N) is 2. The van der Waals surface area contributed by atoms with Gasteiger partial charge in [0.25, 0.3) is 0 Å². The normalized spacial score (nSPS) is 26.4. The molecule has 2 rings (SSSR count). The van der Waals surface area contributed by atoms with Crippen molar-refractivity contribution >= 4 is 12.0 Å². The second-order valence-electron chi connectivity index (χ2n) is 8.62. The van der Waals surface area contributed by atoms with Crippen LogP contribution in [-0.2, 0) is 9.53 Å². The van der Waals surface area contributed by atoms with Crippen molar-refractivity contribution in [3.05, 3.63) is 0 Å². The zero-order chi connectivity index (χ0) is 18.7. The molecule has 1 aliphatic carbocycles. The molecule has 0 aromatic heterocycles. The summed E-state index contributed by atoms with van der Waals surface area (Å²) in [5.74, 6) is 0.577. The SMILES string of the molecule is CC1CCCC(C(=O)NC2(C#N)CCN(C(=O)OC(C)(C)C)CC2)C1. The fourth-order valence-corrected chi connectivity index (χ4v) is 3.67. The predicted octanol–water partition coefficient (Wildman–Crippen LogP) is 3.22. The molecule has 1 heterocycles. The van der Waals surface area contributed by atoms with Gasteiger partial charge < -0.3 is 15.0 Å². The maximum Gasteiger partial charge on any atom is 0.410 e. The molecule has 6 nitrogen and oxygen atoms in total. The highest BCUT2D eigenvalue weighted by molar-refractivity contribution is 5.80. The van der Waals surface area contributed by atoms with Gasteiger partial charge in [0.05, 0.1) is 6.07 Å². The summed E-state index contributed by atoms with van der Waals surface area (Å²) in [5, 5.41) is 12.7. The predicted molar refractivity (Wildman–Crippen MR) is 94.6 cm³/mol. The van der Waals surface area contributed by atoms with Gasteiger partial charge >= 0.3 is 6.09 Å². The van der Waals surface area contributed by atoms with E-state index in [1.165, 1.54) is 6.42 Å². The lowest BCUT2D eigenvalue weighted by atomic mass is 9.81. The van der Waals surface area contributed by atoms with Crippen molar-refractivity contribution in [2.45, 2.75) is 77.4 Å². The van der Waals surface area contributed by atoms with E-state index >= 15 is 0 Å². The molecular formula is C19H31N3O3. The van der Waals surface area contributed by atoms with E-state index in [2.05, 4.69) is 18.3 Å². The number of ether oxygens (including phenoxy) is 1. The number of hydrogen-bond donors (Lipinski definition) is 1. The number of nitrogens with one attached hydrogen (secondary N) is 1. The molecule has 0 aromatic rings. The zero-order valence-corrected chi connectivity index (χ0v) is 15.9. The summed E-state index contributed by atoms with van der Waals surface area (Å²) < 4.78 is 5.38. The first kappa shape index (κ1) is 19.6. The Kier molecular flexibility index (Phi) is 5.97. The standard InChI is InChI=1S/C19H31N3O3/c1-14-6-5-7-15(12-14)16(23)21-19(13-20)8-10-22(11-9-19)17(24)25-18(2,3)4/h14-15H,5-12H2,1-4H3,(H,21,23). The number of nitriles is 1. The molecule has 1 saturated carbocycles. The molecule has 0 bridgehead atoms. The molecule has 2 aliphatic rings. The average molecular weight is 349 g/mol. The summed E-state index contributed by atoms with van der Waals surface area (Å²) in [6, 6.07) is 2.30. The van der Waals surface area contributed by atoms with E-state index in [9.17, 15) is 14.9 Å². The fourth-order valence-electron chi connectivity index (χ4n) is 3.67. The van der Waals surface area contributed by atoms with Crippen LogP contribution < -0.4 is 5.32 Å². The van der Waals surface area contributed by atoms with Crippen LogP contribution in [-0.4, -0.2) is 41.1 Å². The Balaban J connectivity index is 1.91. The van der Waals surface area contributed by atoms with Gasteiger partial charge in [-0.15, -0.1) is 0 Å². The molecule has 1 N–H and O–H groups in total. The Hall–Kier alpha value is -1.77. The van der Waals surface area contributed by atoms with Crippen molar-refractivity contribution < 1.29 is 14.3 Å². The van der Waals surface area contributed by atoms with Gasteiger partial charge in [-0.2, -0.15) is 5.26 Å². The monoisotopic (exact) mass is 349 g/mol. The second kappa shape index (κ2) is 7.63. The van der Waals surface area contributed by atoms with Crippen molar-refractivity contribution in [3.8, 4) is 6.07 Å². The minimum absolute atomic E-state index is 0.00109. The van der Waals surface area contributed by atoms with Gasteiger partial charge in [-0.1, -0.05) is 19.8 Å². The lowest BCUT2D eigenvalue weighted by Crippen LogP contribution is -2.57. The first-order valence-corrected chi connectivity index (χ1v) is 9.35. The van der Waals surface area contributed by atoms with Gasteiger partial charge in [0.2, 0.25) is 5.91 Å². The molecular weight excluding hydrogens is 318 g/mol. The highest BCUT2D eigenvalue weighted by atomic mass is 16.6. The minimum Gasteiger partial charge on any atom is -0.444 e. The number of carbonyl (C=O) groups excluding carboxylic acids is 2. The molecule has 0 spiro atoms. The van der Waals surface area contributed by atoms with Crippen molar-refractivity contribution in [2.75, 3.05) is 13.1 Å². The van der Waals surface area contributed by atoms with Crippen LogP contribution in [0.4, 0.5) is 4.79 Å². The largest absolute Gasteiger partial charge is 0.444 e.